The van der Waals surface area contributed by atoms with Crippen molar-refractivity contribution in [2.75, 3.05) is 10.8 Å². The van der Waals surface area contributed by atoms with Crippen LogP contribution in [0.15, 0.2) is 71.6 Å². The van der Waals surface area contributed by atoms with Gasteiger partial charge in [0.2, 0.25) is 11.8 Å². The number of sulfonamides is 1. The van der Waals surface area contributed by atoms with E-state index >= 15 is 0 Å². The number of amides is 2. The highest BCUT2D eigenvalue weighted by molar-refractivity contribution is 7.92. The molecule has 0 fully saturated rings. The number of benzene rings is 3. The van der Waals surface area contributed by atoms with Crippen LogP contribution in [0.1, 0.15) is 43.9 Å². The summed E-state index contributed by atoms with van der Waals surface area (Å²) in [7, 11) is -4.22. The molecule has 0 unspecified atom stereocenters. The van der Waals surface area contributed by atoms with E-state index in [2.05, 4.69) is 5.32 Å². The molecule has 2 amide bonds. The van der Waals surface area contributed by atoms with Gasteiger partial charge in [-0.1, -0.05) is 77.7 Å². The quantitative estimate of drug-likeness (QED) is 0.285. The van der Waals surface area contributed by atoms with Crippen LogP contribution in [0, 0.1) is 13.8 Å². The van der Waals surface area contributed by atoms with Crippen molar-refractivity contribution in [1.82, 2.24) is 10.2 Å². The summed E-state index contributed by atoms with van der Waals surface area (Å²) in [6.07, 6.45) is 0.337. The Bertz CT molecular complexity index is 1440. The summed E-state index contributed by atoms with van der Waals surface area (Å²) < 4.78 is 28.9. The largest absolute Gasteiger partial charge is 0.352 e. The van der Waals surface area contributed by atoms with Crippen LogP contribution in [0.2, 0.25) is 10.0 Å². The van der Waals surface area contributed by atoms with Crippen LogP contribution in [0.4, 0.5) is 5.69 Å². The molecule has 0 saturated heterocycles. The highest BCUT2D eigenvalue weighted by Crippen LogP contribution is 2.30. The fourth-order valence-electron chi connectivity index (χ4n) is 4.36. The molecule has 1 atom stereocenters. The van der Waals surface area contributed by atoms with Crippen molar-refractivity contribution >= 4 is 50.7 Å². The van der Waals surface area contributed by atoms with Crippen molar-refractivity contribution in [3.8, 4) is 0 Å². The number of carbonyl (C=O) groups excluding carboxylic acids is 2. The maximum atomic E-state index is 14.1. The van der Waals surface area contributed by atoms with E-state index in [1.807, 2.05) is 58.9 Å². The predicted octanol–water partition coefficient (Wildman–Crippen LogP) is 6.14. The fraction of sp³-hybridized carbons (Fsp3) is 0.333. The molecule has 3 rings (SSSR count). The second kappa shape index (κ2) is 13.5. The number of aryl methyl sites for hydroxylation is 2. The molecule has 0 aliphatic rings. The Hall–Kier alpha value is -3.07. The van der Waals surface area contributed by atoms with Crippen molar-refractivity contribution in [2.24, 2.45) is 0 Å². The predicted molar refractivity (Wildman–Crippen MR) is 161 cm³/mol. The van der Waals surface area contributed by atoms with E-state index in [1.54, 1.807) is 12.1 Å². The second-order valence-electron chi connectivity index (χ2n) is 10.1. The van der Waals surface area contributed by atoms with Crippen LogP contribution in [0.5, 0.6) is 0 Å². The third-order valence-electron chi connectivity index (χ3n) is 6.28. The maximum absolute atomic E-state index is 14.1. The highest BCUT2D eigenvalue weighted by Gasteiger charge is 2.34. The van der Waals surface area contributed by atoms with Crippen molar-refractivity contribution in [2.45, 2.75) is 64.6 Å². The normalized spacial score (nSPS) is 12.2. The molecular formula is C30H35Cl2N3O4S. The van der Waals surface area contributed by atoms with Gasteiger partial charge in [-0.15, -0.1) is 0 Å². The molecular weight excluding hydrogens is 569 g/mol. The van der Waals surface area contributed by atoms with E-state index < -0.39 is 28.5 Å². The van der Waals surface area contributed by atoms with Gasteiger partial charge >= 0.3 is 0 Å². The van der Waals surface area contributed by atoms with Crippen molar-refractivity contribution < 1.29 is 18.0 Å². The van der Waals surface area contributed by atoms with Crippen molar-refractivity contribution in [3.05, 3.63) is 93.5 Å². The van der Waals surface area contributed by atoms with Gasteiger partial charge in [0.1, 0.15) is 12.6 Å². The summed E-state index contributed by atoms with van der Waals surface area (Å²) in [4.78, 5) is 28.7. The molecule has 0 saturated carbocycles. The van der Waals surface area contributed by atoms with Crippen molar-refractivity contribution in [3.63, 3.8) is 0 Å². The zero-order valence-electron chi connectivity index (χ0n) is 23.3. The van der Waals surface area contributed by atoms with E-state index in [9.17, 15) is 18.0 Å². The third-order valence-corrected chi connectivity index (χ3v) is 8.50. The summed E-state index contributed by atoms with van der Waals surface area (Å²) >= 11 is 12.5. The van der Waals surface area contributed by atoms with Gasteiger partial charge in [-0.05, 0) is 70.0 Å². The molecule has 0 bridgehead atoms. The molecule has 0 aliphatic carbocycles. The zero-order valence-corrected chi connectivity index (χ0v) is 25.6. The minimum absolute atomic E-state index is 0.0109. The van der Waals surface area contributed by atoms with Gasteiger partial charge in [0.05, 0.1) is 10.6 Å². The molecule has 3 aromatic carbocycles. The van der Waals surface area contributed by atoms with Crippen LogP contribution < -0.4 is 9.62 Å². The first-order valence-corrected chi connectivity index (χ1v) is 15.2. The average molecular weight is 605 g/mol. The van der Waals surface area contributed by atoms with Gasteiger partial charge in [0.15, 0.2) is 0 Å². The molecule has 0 spiro atoms. The number of carbonyl (C=O) groups is 2. The van der Waals surface area contributed by atoms with Crippen LogP contribution in [0.3, 0.4) is 0 Å². The minimum atomic E-state index is -4.22. The molecule has 40 heavy (non-hydrogen) atoms. The van der Waals surface area contributed by atoms with Gasteiger partial charge in [0.25, 0.3) is 10.0 Å². The summed E-state index contributed by atoms with van der Waals surface area (Å²) in [6, 6.07) is 17.4. The first-order valence-electron chi connectivity index (χ1n) is 13.0. The number of anilines is 1. The molecule has 0 aliphatic heterocycles. The Morgan fingerprint density at radius 1 is 0.900 bits per heavy atom. The Balaban J connectivity index is 2.10. The number of hydrogen-bond donors (Lipinski definition) is 1. The summed E-state index contributed by atoms with van der Waals surface area (Å²) in [5.41, 5.74) is 2.85. The molecule has 3 aromatic rings. The Labute approximate surface area is 247 Å². The van der Waals surface area contributed by atoms with E-state index in [4.69, 9.17) is 23.2 Å². The number of hydrogen-bond acceptors (Lipinski definition) is 4. The van der Waals surface area contributed by atoms with E-state index in [0.717, 1.165) is 21.0 Å². The molecule has 0 aromatic heterocycles. The molecule has 7 nitrogen and oxygen atoms in total. The van der Waals surface area contributed by atoms with Gasteiger partial charge in [0, 0.05) is 22.6 Å². The zero-order chi connectivity index (χ0) is 29.6. The van der Waals surface area contributed by atoms with Crippen LogP contribution in [-0.4, -0.2) is 43.8 Å². The minimum Gasteiger partial charge on any atom is -0.352 e. The lowest BCUT2D eigenvalue weighted by Crippen LogP contribution is -2.53. The third kappa shape index (κ3) is 7.99. The lowest BCUT2D eigenvalue weighted by Gasteiger charge is -2.33. The van der Waals surface area contributed by atoms with Gasteiger partial charge in [-0.3, -0.25) is 13.9 Å². The fourth-order valence-corrected chi connectivity index (χ4v) is 6.27. The van der Waals surface area contributed by atoms with Gasteiger partial charge in [-0.25, -0.2) is 8.42 Å². The number of nitrogens with zero attached hydrogens (tertiary/aromatic N) is 2. The first kappa shape index (κ1) is 31.5. The molecule has 1 N–H and O–H groups in total. The topological polar surface area (TPSA) is 86.8 Å². The van der Waals surface area contributed by atoms with Crippen molar-refractivity contribution in [1.29, 1.82) is 0 Å². The maximum Gasteiger partial charge on any atom is 0.264 e. The SMILES string of the molecule is CC[C@H](C(=O)NC(C)C)N(Cc1cccc(C)c1)C(=O)CN(c1cc(Cl)cc(Cl)c1)S(=O)(=O)c1ccc(C)cc1. The summed E-state index contributed by atoms with van der Waals surface area (Å²) in [5, 5.41) is 3.33. The number of nitrogens with one attached hydrogen (secondary N) is 1. The first-order chi connectivity index (χ1) is 18.8. The van der Waals surface area contributed by atoms with E-state index in [-0.39, 0.29) is 39.1 Å². The van der Waals surface area contributed by atoms with Gasteiger partial charge in [-0.2, -0.15) is 0 Å². The summed E-state index contributed by atoms with van der Waals surface area (Å²) in [5.74, 6) is -0.851. The number of rotatable bonds is 11. The lowest BCUT2D eigenvalue weighted by atomic mass is 10.1. The van der Waals surface area contributed by atoms with Crippen LogP contribution in [-0.2, 0) is 26.2 Å². The average Bonchev–Trinajstić information content (AvgIpc) is 2.86. The standard InChI is InChI=1S/C30H35Cl2N3O4S/c1-6-28(30(37)33-20(2)3)34(18-23-9-7-8-22(5)14-23)29(36)19-35(26-16-24(31)15-25(32)17-26)40(38,39)27-12-10-21(4)11-13-27/h7-17,20,28H,6,18-19H2,1-5H3,(H,33,37)/t28-/m1/s1. The smallest absolute Gasteiger partial charge is 0.264 e. The van der Waals surface area contributed by atoms with Gasteiger partial charge < -0.3 is 10.2 Å². The summed E-state index contributed by atoms with van der Waals surface area (Å²) in [6.45, 7) is 8.86. The van der Waals surface area contributed by atoms with E-state index in [0.29, 0.717) is 6.42 Å². The molecule has 0 radical (unpaired) electrons. The lowest BCUT2D eigenvalue weighted by molar-refractivity contribution is -0.140. The monoisotopic (exact) mass is 603 g/mol. The Morgan fingerprint density at radius 3 is 2.08 bits per heavy atom. The molecule has 0 heterocycles. The molecule has 214 valence electrons. The number of halogens is 2. The highest BCUT2D eigenvalue weighted by atomic mass is 35.5. The Kier molecular flexibility index (Phi) is 10.6. The van der Waals surface area contributed by atoms with E-state index in [1.165, 1.54) is 35.2 Å². The second-order valence-corrected chi connectivity index (χ2v) is 12.8. The van der Waals surface area contributed by atoms with Crippen LogP contribution in [0.25, 0.3) is 0 Å². The Morgan fingerprint density at radius 2 is 1.52 bits per heavy atom. The van der Waals surface area contributed by atoms with Crippen LogP contribution >= 0.6 is 23.2 Å². The molecule has 10 heteroatoms.